The zero-order valence-corrected chi connectivity index (χ0v) is 12.6. The van der Waals surface area contributed by atoms with Gasteiger partial charge < -0.3 is 19.5 Å². The fourth-order valence-corrected chi connectivity index (χ4v) is 2.02. The minimum Gasteiger partial charge on any atom is -0.423 e. The normalized spacial score (nSPS) is 11.1. The highest BCUT2D eigenvalue weighted by Crippen LogP contribution is 2.10. The predicted molar refractivity (Wildman–Crippen MR) is 79.9 cm³/mol. The van der Waals surface area contributed by atoms with Crippen LogP contribution in [0.5, 0.6) is 0 Å². The van der Waals surface area contributed by atoms with Crippen LogP contribution in [-0.4, -0.2) is 62.6 Å². The predicted octanol–water partition coefficient (Wildman–Crippen LogP) is -0.00960. The van der Waals surface area contributed by atoms with E-state index in [9.17, 15) is 4.39 Å². The van der Waals surface area contributed by atoms with Crippen molar-refractivity contribution in [2.24, 2.45) is 0 Å². The van der Waals surface area contributed by atoms with Crippen molar-refractivity contribution in [3.05, 3.63) is 29.6 Å². The van der Waals surface area contributed by atoms with Gasteiger partial charge in [-0.3, -0.25) is 4.90 Å². The number of rotatable bonds is 10. The Morgan fingerprint density at radius 2 is 1.86 bits per heavy atom. The average Bonchev–Trinajstić information content (AvgIpc) is 2.46. The molecule has 1 aromatic rings. The van der Waals surface area contributed by atoms with Crippen molar-refractivity contribution in [2.75, 3.05) is 40.5 Å². The highest BCUT2D eigenvalue weighted by atomic mass is 19.1. The highest BCUT2D eigenvalue weighted by Gasteiger charge is 2.15. The Labute approximate surface area is 125 Å². The molecule has 0 radical (unpaired) electrons. The molecule has 5 nitrogen and oxygen atoms in total. The van der Waals surface area contributed by atoms with Crippen LogP contribution in [0.1, 0.15) is 12.0 Å². The van der Waals surface area contributed by atoms with Gasteiger partial charge in [-0.05, 0) is 17.9 Å². The lowest BCUT2D eigenvalue weighted by Gasteiger charge is -2.22. The Balaban J connectivity index is 2.67. The minimum absolute atomic E-state index is 0.152. The second kappa shape index (κ2) is 9.86. The zero-order chi connectivity index (χ0) is 15.7. The number of hydrogen-bond donors (Lipinski definition) is 2. The largest absolute Gasteiger partial charge is 0.488 e. The van der Waals surface area contributed by atoms with Crippen LogP contribution in [0.3, 0.4) is 0 Å². The summed E-state index contributed by atoms with van der Waals surface area (Å²) in [7, 11) is 1.63. The van der Waals surface area contributed by atoms with Gasteiger partial charge in [0.2, 0.25) is 0 Å². The molecule has 7 heteroatoms. The number of ether oxygens (including phenoxy) is 2. The molecule has 0 atom stereocenters. The summed E-state index contributed by atoms with van der Waals surface area (Å²) in [6.07, 6.45) is 0.856. The van der Waals surface area contributed by atoms with Gasteiger partial charge in [-0.25, -0.2) is 4.39 Å². The Bertz CT molecular complexity index is 420. The van der Waals surface area contributed by atoms with E-state index in [-0.39, 0.29) is 5.46 Å². The number of benzene rings is 1. The average molecular weight is 299 g/mol. The molecule has 0 heterocycles. The van der Waals surface area contributed by atoms with Crippen LogP contribution in [0, 0.1) is 5.82 Å². The third-order valence-corrected chi connectivity index (χ3v) is 3.20. The maximum Gasteiger partial charge on any atom is 0.488 e. The quantitative estimate of drug-likeness (QED) is 0.470. The van der Waals surface area contributed by atoms with Gasteiger partial charge in [0.05, 0.1) is 6.61 Å². The summed E-state index contributed by atoms with van der Waals surface area (Å²) in [5, 5.41) is 18.1. The fraction of sp³-hybridized carbons (Fsp3) is 0.571. The van der Waals surface area contributed by atoms with Crippen molar-refractivity contribution in [1.29, 1.82) is 0 Å². The highest BCUT2D eigenvalue weighted by molar-refractivity contribution is 6.58. The smallest absolute Gasteiger partial charge is 0.423 e. The number of halogens is 1. The first kappa shape index (κ1) is 18.1. The van der Waals surface area contributed by atoms with E-state index < -0.39 is 12.9 Å². The summed E-state index contributed by atoms with van der Waals surface area (Å²) in [6, 6.07) is 4.26. The summed E-state index contributed by atoms with van der Waals surface area (Å²) in [4.78, 5) is 2.08. The topological polar surface area (TPSA) is 62.2 Å². The monoisotopic (exact) mass is 299 g/mol. The Hall–Kier alpha value is -0.985. The summed E-state index contributed by atoms with van der Waals surface area (Å²) in [5.74, 6) is -0.435. The van der Waals surface area contributed by atoms with E-state index in [1.807, 2.05) is 0 Å². The first-order chi connectivity index (χ1) is 10.1. The number of hydrogen-bond acceptors (Lipinski definition) is 5. The van der Waals surface area contributed by atoms with E-state index in [1.165, 1.54) is 6.07 Å². The van der Waals surface area contributed by atoms with Gasteiger partial charge in [-0.1, -0.05) is 12.1 Å². The maximum atomic E-state index is 14.0. The Morgan fingerprint density at radius 3 is 2.43 bits per heavy atom. The molecule has 0 aromatic heterocycles. The third kappa shape index (κ3) is 6.54. The third-order valence-electron chi connectivity index (χ3n) is 3.20. The van der Waals surface area contributed by atoms with Crippen LogP contribution in [0.2, 0.25) is 0 Å². The summed E-state index contributed by atoms with van der Waals surface area (Å²) < 4.78 is 24.1. The molecule has 1 rings (SSSR count). The van der Waals surface area contributed by atoms with Gasteiger partial charge in [-0.15, -0.1) is 0 Å². The van der Waals surface area contributed by atoms with Crippen LogP contribution >= 0.6 is 0 Å². The second-order valence-corrected chi connectivity index (χ2v) is 4.84. The molecule has 118 valence electrons. The number of methoxy groups -OCH3 is 2. The van der Waals surface area contributed by atoms with Crippen LogP contribution in [0.15, 0.2) is 18.2 Å². The molecule has 0 spiro atoms. The molecule has 0 fully saturated rings. The van der Waals surface area contributed by atoms with Crippen molar-refractivity contribution in [3.63, 3.8) is 0 Å². The van der Waals surface area contributed by atoms with Gasteiger partial charge in [0, 0.05) is 46.0 Å². The standard InChI is InChI=1S/C14H23BFNO4/c1-20-8-3-6-17(7-9-21-2)11-12-4-5-13(15(18)19)10-14(12)16/h4-5,10,18-19H,3,6-9,11H2,1-2H3. The number of nitrogens with zero attached hydrogens (tertiary/aromatic N) is 1. The summed E-state index contributed by atoms with van der Waals surface area (Å²) in [6.45, 7) is 3.15. The summed E-state index contributed by atoms with van der Waals surface area (Å²) in [5.41, 5.74) is 0.673. The molecule has 0 bridgehead atoms. The van der Waals surface area contributed by atoms with Crippen molar-refractivity contribution in [2.45, 2.75) is 13.0 Å². The molecule has 0 aliphatic carbocycles. The SMILES string of the molecule is COCCCN(CCOC)Cc1ccc(B(O)O)cc1F. The van der Waals surface area contributed by atoms with E-state index in [0.29, 0.717) is 31.9 Å². The lowest BCUT2D eigenvalue weighted by molar-refractivity contribution is 0.128. The molecule has 0 saturated carbocycles. The zero-order valence-electron chi connectivity index (χ0n) is 12.6. The molecule has 2 N–H and O–H groups in total. The first-order valence-corrected chi connectivity index (χ1v) is 6.93. The molecule has 0 saturated heterocycles. The molecule has 0 aliphatic heterocycles. The molecule has 0 unspecified atom stereocenters. The minimum atomic E-state index is -1.65. The van der Waals surface area contributed by atoms with Crippen LogP contribution in [0.25, 0.3) is 0 Å². The van der Waals surface area contributed by atoms with Crippen LogP contribution < -0.4 is 5.46 Å². The lowest BCUT2D eigenvalue weighted by Crippen LogP contribution is -2.32. The van der Waals surface area contributed by atoms with Crippen LogP contribution in [0.4, 0.5) is 4.39 Å². The van der Waals surface area contributed by atoms with Gasteiger partial charge in [-0.2, -0.15) is 0 Å². The van der Waals surface area contributed by atoms with Crippen molar-refractivity contribution < 1.29 is 23.9 Å². The van der Waals surface area contributed by atoms with E-state index in [1.54, 1.807) is 20.3 Å². The van der Waals surface area contributed by atoms with Crippen molar-refractivity contribution >= 4 is 12.6 Å². The van der Waals surface area contributed by atoms with Gasteiger partial charge in [0.1, 0.15) is 5.82 Å². The van der Waals surface area contributed by atoms with Gasteiger partial charge >= 0.3 is 7.12 Å². The molecular weight excluding hydrogens is 276 g/mol. The van der Waals surface area contributed by atoms with Crippen molar-refractivity contribution in [1.82, 2.24) is 4.90 Å². The van der Waals surface area contributed by atoms with E-state index in [2.05, 4.69) is 4.90 Å². The van der Waals surface area contributed by atoms with E-state index in [4.69, 9.17) is 19.5 Å². The lowest BCUT2D eigenvalue weighted by atomic mass is 9.80. The fourth-order valence-electron chi connectivity index (χ4n) is 2.02. The Kier molecular flexibility index (Phi) is 8.48. The molecule has 1 aromatic carbocycles. The van der Waals surface area contributed by atoms with E-state index in [0.717, 1.165) is 19.0 Å². The first-order valence-electron chi connectivity index (χ1n) is 6.93. The van der Waals surface area contributed by atoms with Gasteiger partial charge in [0.25, 0.3) is 0 Å². The van der Waals surface area contributed by atoms with E-state index >= 15 is 0 Å². The van der Waals surface area contributed by atoms with Crippen molar-refractivity contribution in [3.8, 4) is 0 Å². The molecular formula is C14H23BFNO4. The Morgan fingerprint density at radius 1 is 1.14 bits per heavy atom. The molecule has 0 aliphatic rings. The van der Waals surface area contributed by atoms with Gasteiger partial charge in [0.15, 0.2) is 0 Å². The molecule has 0 amide bonds. The van der Waals surface area contributed by atoms with Crippen LogP contribution in [-0.2, 0) is 16.0 Å². The summed E-state index contributed by atoms with van der Waals surface area (Å²) >= 11 is 0. The molecule has 21 heavy (non-hydrogen) atoms. The second-order valence-electron chi connectivity index (χ2n) is 4.84. The maximum absolute atomic E-state index is 14.0.